The van der Waals surface area contributed by atoms with Gasteiger partial charge in [0.05, 0.1) is 5.69 Å². The van der Waals surface area contributed by atoms with Crippen molar-refractivity contribution in [1.82, 2.24) is 0 Å². The van der Waals surface area contributed by atoms with Crippen LogP contribution < -0.4 is 15.6 Å². The van der Waals surface area contributed by atoms with E-state index in [1.165, 1.54) is 6.92 Å². The molecule has 1 amide bonds. The van der Waals surface area contributed by atoms with Crippen molar-refractivity contribution < 1.29 is 17.6 Å². The molecular weight excluding hydrogens is 237 g/mol. The predicted molar refractivity (Wildman–Crippen MR) is 56.4 cm³/mol. The Morgan fingerprint density at radius 1 is 1.44 bits per heavy atom. The van der Waals surface area contributed by atoms with Crippen molar-refractivity contribution in [1.29, 1.82) is 0 Å². The summed E-state index contributed by atoms with van der Waals surface area (Å²) in [6, 6.07) is 2.04. The first-order valence-electron chi connectivity index (χ1n) is 4.11. The molecule has 0 aliphatic carbocycles. The maximum atomic E-state index is 13.3. The number of benzene rings is 1. The van der Waals surface area contributed by atoms with Crippen LogP contribution in [0.3, 0.4) is 0 Å². The van der Waals surface area contributed by atoms with E-state index in [2.05, 4.69) is 0 Å². The lowest BCUT2D eigenvalue weighted by Gasteiger charge is -2.09. The van der Waals surface area contributed by atoms with Crippen LogP contribution in [-0.4, -0.2) is 14.3 Å². The Bertz CT molecular complexity index is 542. The quantitative estimate of drug-likeness (QED) is 0.689. The molecule has 0 saturated carbocycles. The van der Waals surface area contributed by atoms with E-state index in [0.29, 0.717) is 0 Å². The van der Waals surface area contributed by atoms with Crippen LogP contribution in [0.1, 0.15) is 15.9 Å². The Kier molecular flexibility index (Phi) is 3.15. The van der Waals surface area contributed by atoms with E-state index in [-0.39, 0.29) is 16.8 Å². The largest absolute Gasteiger partial charge is 0.366 e. The Morgan fingerprint density at radius 2 is 2.00 bits per heavy atom. The number of amides is 1. The molecule has 0 bridgehead atoms. The second kappa shape index (κ2) is 4.06. The van der Waals surface area contributed by atoms with Gasteiger partial charge in [-0.15, -0.1) is 0 Å². The second-order valence-corrected chi connectivity index (χ2v) is 4.44. The number of nitrogens with two attached hydrogens (primary N) is 2. The maximum absolute atomic E-state index is 13.3. The van der Waals surface area contributed by atoms with Gasteiger partial charge in [-0.1, -0.05) is 0 Å². The third-order valence-electron chi connectivity index (χ3n) is 1.88. The summed E-state index contributed by atoms with van der Waals surface area (Å²) < 4.78 is 36.7. The molecule has 5 N–H and O–H groups in total. The highest BCUT2D eigenvalue weighted by molar-refractivity contribution is 7.90. The number of hydrogen-bond donors (Lipinski definition) is 3. The monoisotopic (exact) mass is 247 g/mol. The molecule has 8 heteroatoms. The summed E-state index contributed by atoms with van der Waals surface area (Å²) in [5.41, 5.74) is 4.72. The molecule has 0 spiro atoms. The van der Waals surface area contributed by atoms with Crippen molar-refractivity contribution in [2.24, 2.45) is 10.9 Å². The Morgan fingerprint density at radius 3 is 2.44 bits per heavy atom. The molecule has 1 rings (SSSR count). The molecule has 88 valence electrons. The molecule has 1 aromatic rings. The van der Waals surface area contributed by atoms with Crippen molar-refractivity contribution in [3.05, 3.63) is 29.1 Å². The number of rotatable bonds is 3. The zero-order chi connectivity index (χ0) is 12.5. The molecule has 6 nitrogen and oxygen atoms in total. The van der Waals surface area contributed by atoms with E-state index in [1.54, 1.807) is 0 Å². The molecule has 0 radical (unpaired) electrons. The van der Waals surface area contributed by atoms with Crippen LogP contribution in [0.25, 0.3) is 0 Å². The van der Waals surface area contributed by atoms with Gasteiger partial charge in [0, 0.05) is 11.1 Å². The summed E-state index contributed by atoms with van der Waals surface area (Å²) in [5, 5.41) is 4.74. The van der Waals surface area contributed by atoms with Crippen molar-refractivity contribution in [2.75, 3.05) is 4.72 Å². The van der Waals surface area contributed by atoms with Gasteiger partial charge in [0.25, 0.3) is 10.2 Å². The van der Waals surface area contributed by atoms with Gasteiger partial charge in [0.15, 0.2) is 0 Å². The number of nitrogens with one attached hydrogen (secondary N) is 1. The smallest absolute Gasteiger partial charge is 0.296 e. The van der Waals surface area contributed by atoms with Gasteiger partial charge in [-0.05, 0) is 19.1 Å². The van der Waals surface area contributed by atoms with Crippen LogP contribution in [-0.2, 0) is 10.2 Å². The molecule has 0 unspecified atom stereocenters. The van der Waals surface area contributed by atoms with Crippen LogP contribution in [0.2, 0.25) is 0 Å². The molecule has 0 fully saturated rings. The summed E-state index contributed by atoms with van der Waals surface area (Å²) >= 11 is 0. The van der Waals surface area contributed by atoms with Crippen LogP contribution >= 0.6 is 0 Å². The van der Waals surface area contributed by atoms with Gasteiger partial charge >= 0.3 is 0 Å². The average Bonchev–Trinajstić information content (AvgIpc) is 2.10. The number of anilines is 1. The van der Waals surface area contributed by atoms with E-state index < -0.39 is 21.9 Å². The lowest BCUT2D eigenvalue weighted by atomic mass is 10.1. The molecule has 0 saturated heterocycles. The van der Waals surface area contributed by atoms with Gasteiger partial charge in [0.2, 0.25) is 5.91 Å². The van der Waals surface area contributed by atoms with Gasteiger partial charge in [-0.3, -0.25) is 9.52 Å². The van der Waals surface area contributed by atoms with E-state index in [0.717, 1.165) is 12.1 Å². The average molecular weight is 247 g/mol. The molecular formula is C8H10FN3O3S. The summed E-state index contributed by atoms with van der Waals surface area (Å²) in [4.78, 5) is 10.8. The second-order valence-electron chi connectivity index (χ2n) is 3.14. The normalized spacial score (nSPS) is 11.2. The Balaban J connectivity index is 3.33. The van der Waals surface area contributed by atoms with E-state index in [1.807, 2.05) is 4.72 Å². The predicted octanol–water partition coefficient (Wildman–Crippen LogP) is -0.152. The highest BCUT2D eigenvalue weighted by Gasteiger charge is 2.13. The highest BCUT2D eigenvalue weighted by atomic mass is 32.2. The Hall–Kier alpha value is -1.67. The van der Waals surface area contributed by atoms with Gasteiger partial charge in [0.1, 0.15) is 5.82 Å². The first-order chi connectivity index (χ1) is 7.20. The minimum Gasteiger partial charge on any atom is -0.366 e. The molecule has 1 aromatic carbocycles. The van der Waals surface area contributed by atoms with Gasteiger partial charge in [-0.25, -0.2) is 9.53 Å². The van der Waals surface area contributed by atoms with Crippen molar-refractivity contribution in [3.8, 4) is 0 Å². The lowest BCUT2D eigenvalue weighted by molar-refractivity contribution is 0.1000. The SMILES string of the molecule is Cc1c(F)cc(C(N)=O)cc1NS(N)(=O)=O. The summed E-state index contributed by atoms with van der Waals surface area (Å²) in [6.45, 7) is 1.34. The van der Waals surface area contributed by atoms with Crippen molar-refractivity contribution >= 4 is 21.8 Å². The molecule has 0 aliphatic rings. The fraction of sp³-hybridized carbons (Fsp3) is 0.125. The lowest BCUT2D eigenvalue weighted by Crippen LogP contribution is -2.23. The number of carbonyl (C=O) groups excluding carboxylic acids is 1. The van der Waals surface area contributed by atoms with Crippen molar-refractivity contribution in [3.63, 3.8) is 0 Å². The van der Waals surface area contributed by atoms with E-state index in [4.69, 9.17) is 10.9 Å². The molecule has 0 atom stereocenters. The minimum atomic E-state index is -4.03. The molecule has 0 aromatic heterocycles. The van der Waals surface area contributed by atoms with Gasteiger partial charge in [-0.2, -0.15) is 8.42 Å². The zero-order valence-electron chi connectivity index (χ0n) is 8.32. The number of carbonyl (C=O) groups is 1. The van der Waals surface area contributed by atoms with Crippen LogP contribution in [0.15, 0.2) is 12.1 Å². The van der Waals surface area contributed by atoms with E-state index in [9.17, 15) is 17.6 Å². The third kappa shape index (κ3) is 2.91. The van der Waals surface area contributed by atoms with Crippen molar-refractivity contribution in [2.45, 2.75) is 6.92 Å². The molecule has 0 aliphatic heterocycles. The first kappa shape index (κ1) is 12.4. The first-order valence-corrected chi connectivity index (χ1v) is 5.66. The van der Waals surface area contributed by atoms with Gasteiger partial charge < -0.3 is 5.73 Å². The fourth-order valence-corrected chi connectivity index (χ4v) is 1.60. The third-order valence-corrected chi connectivity index (χ3v) is 2.39. The highest BCUT2D eigenvalue weighted by Crippen LogP contribution is 2.21. The number of hydrogen-bond acceptors (Lipinski definition) is 3. The number of primary amides is 1. The topological polar surface area (TPSA) is 115 Å². The summed E-state index contributed by atoms with van der Waals surface area (Å²) in [7, 11) is -4.03. The Labute approximate surface area is 91.6 Å². The standard InChI is InChI=1S/C8H10FN3O3S/c1-4-6(9)2-5(8(10)13)3-7(4)12-16(11,14)15/h2-3,12H,1H3,(H2,10,13)(H2,11,14,15). The van der Waals surface area contributed by atoms with E-state index >= 15 is 0 Å². The fourth-order valence-electron chi connectivity index (χ4n) is 1.08. The van der Waals surface area contributed by atoms with Crippen LogP contribution in [0.5, 0.6) is 0 Å². The molecule has 16 heavy (non-hydrogen) atoms. The molecule has 0 heterocycles. The van der Waals surface area contributed by atoms with Crippen LogP contribution in [0, 0.1) is 12.7 Å². The maximum Gasteiger partial charge on any atom is 0.296 e. The summed E-state index contributed by atoms with van der Waals surface area (Å²) in [6.07, 6.45) is 0. The summed E-state index contributed by atoms with van der Waals surface area (Å²) in [5.74, 6) is -1.61. The minimum absolute atomic E-state index is 0.0269. The zero-order valence-corrected chi connectivity index (χ0v) is 9.14. The number of halogens is 1. The van der Waals surface area contributed by atoms with Crippen LogP contribution in [0.4, 0.5) is 10.1 Å².